The van der Waals surface area contributed by atoms with Gasteiger partial charge in [0.2, 0.25) is 0 Å². The van der Waals surface area contributed by atoms with Crippen LogP contribution in [0.5, 0.6) is 0 Å². The monoisotopic (exact) mass is 324 g/mol. The molecule has 5 heteroatoms. The summed E-state index contributed by atoms with van der Waals surface area (Å²) in [6.45, 7) is 10.6. The van der Waals surface area contributed by atoms with Crippen molar-refractivity contribution in [2.24, 2.45) is 5.92 Å². The first-order chi connectivity index (χ1) is 10.3. The van der Waals surface area contributed by atoms with Crippen LogP contribution in [-0.2, 0) is 4.74 Å². The molecule has 0 bridgehead atoms. The lowest BCUT2D eigenvalue weighted by Crippen LogP contribution is -2.36. The largest absolute Gasteiger partial charge is 0.444 e. The molecule has 0 N–H and O–H groups in total. The predicted molar refractivity (Wildman–Crippen MR) is 91.3 cm³/mol. The minimum Gasteiger partial charge on any atom is -0.444 e. The van der Waals surface area contributed by atoms with Crippen molar-refractivity contribution < 1.29 is 9.53 Å². The van der Waals surface area contributed by atoms with E-state index in [4.69, 9.17) is 4.74 Å². The van der Waals surface area contributed by atoms with Crippen LogP contribution in [0.2, 0.25) is 0 Å². The number of likely N-dealkylation sites (tertiary alicyclic amines) is 1. The first-order valence-corrected chi connectivity index (χ1v) is 8.86. The van der Waals surface area contributed by atoms with Gasteiger partial charge in [0, 0.05) is 30.6 Å². The second-order valence-electron chi connectivity index (χ2n) is 7.21. The fraction of sp³-hybridized carbons (Fsp3) is 0.706. The van der Waals surface area contributed by atoms with Crippen LogP contribution in [0.1, 0.15) is 45.0 Å². The van der Waals surface area contributed by atoms with Crippen molar-refractivity contribution >= 4 is 17.4 Å². The third-order valence-corrected chi connectivity index (χ3v) is 5.14. The van der Waals surface area contributed by atoms with Crippen molar-refractivity contribution in [2.75, 3.05) is 26.7 Å². The Kier molecular flexibility index (Phi) is 5.50. The number of carbonyl (C=O) groups is 1. The molecule has 2 atom stereocenters. The van der Waals surface area contributed by atoms with E-state index in [0.29, 0.717) is 12.0 Å². The summed E-state index contributed by atoms with van der Waals surface area (Å²) in [5.41, 5.74) is -0.417. The van der Waals surface area contributed by atoms with Crippen molar-refractivity contribution in [3.05, 3.63) is 22.4 Å². The normalized spacial score (nSPS) is 20.5. The predicted octanol–water partition coefficient (Wildman–Crippen LogP) is 4.00. The average molecular weight is 324 g/mol. The molecule has 0 radical (unpaired) electrons. The Morgan fingerprint density at radius 1 is 1.55 bits per heavy atom. The van der Waals surface area contributed by atoms with Crippen LogP contribution in [0.3, 0.4) is 0 Å². The maximum absolute atomic E-state index is 12.1. The Balaban J connectivity index is 1.82. The fourth-order valence-corrected chi connectivity index (χ4v) is 3.63. The second kappa shape index (κ2) is 7.01. The summed E-state index contributed by atoms with van der Waals surface area (Å²) in [6.07, 6.45) is 0.879. The summed E-state index contributed by atoms with van der Waals surface area (Å²) in [5.74, 6) is 0.528. The average Bonchev–Trinajstić information content (AvgIpc) is 3.06. The van der Waals surface area contributed by atoms with Gasteiger partial charge in [0.25, 0.3) is 0 Å². The van der Waals surface area contributed by atoms with Gasteiger partial charge in [-0.2, -0.15) is 0 Å². The zero-order valence-electron chi connectivity index (χ0n) is 14.3. The number of thiophene rings is 1. The van der Waals surface area contributed by atoms with E-state index in [9.17, 15) is 4.79 Å². The first-order valence-electron chi connectivity index (χ1n) is 7.98. The van der Waals surface area contributed by atoms with Gasteiger partial charge < -0.3 is 9.64 Å². The van der Waals surface area contributed by atoms with Gasteiger partial charge in [-0.25, -0.2) is 4.79 Å². The van der Waals surface area contributed by atoms with E-state index >= 15 is 0 Å². The summed E-state index contributed by atoms with van der Waals surface area (Å²) >= 11 is 1.80. The van der Waals surface area contributed by atoms with Crippen molar-refractivity contribution in [1.82, 2.24) is 9.80 Å². The second-order valence-corrected chi connectivity index (χ2v) is 8.19. The molecule has 1 fully saturated rings. The third kappa shape index (κ3) is 4.71. The molecule has 1 aliphatic heterocycles. The topological polar surface area (TPSA) is 32.8 Å². The van der Waals surface area contributed by atoms with E-state index in [1.807, 2.05) is 25.7 Å². The molecule has 22 heavy (non-hydrogen) atoms. The summed E-state index contributed by atoms with van der Waals surface area (Å²) in [5, 5.41) is 2.12. The van der Waals surface area contributed by atoms with Gasteiger partial charge in [-0.1, -0.05) is 6.07 Å². The Morgan fingerprint density at radius 2 is 2.27 bits per heavy atom. The van der Waals surface area contributed by atoms with E-state index in [1.54, 1.807) is 11.3 Å². The molecular weight excluding hydrogens is 296 g/mol. The molecule has 0 spiro atoms. The number of ether oxygens (including phenoxy) is 1. The summed E-state index contributed by atoms with van der Waals surface area (Å²) in [4.78, 5) is 17.7. The highest BCUT2D eigenvalue weighted by molar-refractivity contribution is 7.10. The third-order valence-electron chi connectivity index (χ3n) is 4.10. The van der Waals surface area contributed by atoms with Crippen LogP contribution in [0.4, 0.5) is 4.79 Å². The van der Waals surface area contributed by atoms with E-state index in [0.717, 1.165) is 26.1 Å². The van der Waals surface area contributed by atoms with Crippen LogP contribution in [-0.4, -0.2) is 48.2 Å². The van der Waals surface area contributed by atoms with Crippen LogP contribution < -0.4 is 0 Å². The molecule has 1 saturated heterocycles. The van der Waals surface area contributed by atoms with Gasteiger partial charge in [0.1, 0.15) is 5.60 Å². The maximum Gasteiger partial charge on any atom is 0.410 e. The van der Waals surface area contributed by atoms with Crippen molar-refractivity contribution in [1.29, 1.82) is 0 Å². The molecule has 0 aromatic carbocycles. The van der Waals surface area contributed by atoms with Crippen molar-refractivity contribution in [2.45, 2.75) is 45.8 Å². The smallest absolute Gasteiger partial charge is 0.410 e. The number of rotatable bonds is 4. The number of carbonyl (C=O) groups excluding carboxylic acids is 1. The number of amides is 1. The lowest BCUT2D eigenvalue weighted by molar-refractivity contribution is 0.0285. The Bertz CT molecular complexity index is 481. The fourth-order valence-electron chi connectivity index (χ4n) is 2.79. The van der Waals surface area contributed by atoms with Crippen LogP contribution in [0.15, 0.2) is 17.5 Å². The maximum atomic E-state index is 12.1. The quantitative estimate of drug-likeness (QED) is 0.839. The highest BCUT2D eigenvalue weighted by atomic mass is 32.1. The van der Waals surface area contributed by atoms with Crippen LogP contribution >= 0.6 is 11.3 Å². The summed E-state index contributed by atoms with van der Waals surface area (Å²) < 4.78 is 5.46. The Labute approximate surface area is 138 Å². The molecule has 0 saturated carbocycles. The van der Waals surface area contributed by atoms with Gasteiger partial charge in [-0.05, 0) is 58.5 Å². The lowest BCUT2D eigenvalue weighted by Gasteiger charge is -2.27. The molecule has 1 aliphatic rings. The molecule has 1 aromatic heterocycles. The highest BCUT2D eigenvalue weighted by Crippen LogP contribution is 2.26. The molecule has 0 aliphatic carbocycles. The number of hydrogen-bond donors (Lipinski definition) is 0. The molecule has 0 unspecified atom stereocenters. The Hall–Kier alpha value is -1.07. The summed E-state index contributed by atoms with van der Waals surface area (Å²) in [7, 11) is 2.17. The zero-order valence-corrected chi connectivity index (χ0v) is 15.2. The SMILES string of the molecule is C[C@@H](c1cccs1)N(C)C[C@H]1CCN(C(=O)OC(C)(C)C)C1. The Morgan fingerprint density at radius 3 is 2.86 bits per heavy atom. The number of nitrogens with zero attached hydrogens (tertiary/aromatic N) is 2. The molecule has 4 nitrogen and oxygen atoms in total. The minimum absolute atomic E-state index is 0.177. The van der Waals surface area contributed by atoms with Gasteiger partial charge in [0.15, 0.2) is 0 Å². The molecule has 124 valence electrons. The minimum atomic E-state index is -0.417. The molecule has 1 aromatic rings. The standard InChI is InChI=1S/C17H28N2O2S/c1-13(15-7-6-10-22-15)18(5)11-14-8-9-19(12-14)16(20)21-17(2,3)4/h6-7,10,13-14H,8-9,11-12H2,1-5H3/t13-,14+/m0/s1. The number of hydrogen-bond acceptors (Lipinski definition) is 4. The van der Waals surface area contributed by atoms with E-state index in [1.165, 1.54) is 4.88 Å². The summed E-state index contributed by atoms with van der Waals surface area (Å²) in [6, 6.07) is 4.72. The lowest BCUT2D eigenvalue weighted by atomic mass is 10.1. The molecule has 1 amide bonds. The van der Waals surface area contributed by atoms with E-state index in [-0.39, 0.29) is 6.09 Å². The van der Waals surface area contributed by atoms with Crippen LogP contribution in [0.25, 0.3) is 0 Å². The van der Waals surface area contributed by atoms with E-state index < -0.39 is 5.60 Å². The zero-order chi connectivity index (χ0) is 16.3. The van der Waals surface area contributed by atoms with Crippen molar-refractivity contribution in [3.8, 4) is 0 Å². The highest BCUT2D eigenvalue weighted by Gasteiger charge is 2.30. The molecule has 2 rings (SSSR count). The van der Waals surface area contributed by atoms with Gasteiger partial charge in [0.05, 0.1) is 0 Å². The molecular formula is C17H28N2O2S. The van der Waals surface area contributed by atoms with Gasteiger partial charge in [-0.15, -0.1) is 11.3 Å². The van der Waals surface area contributed by atoms with Gasteiger partial charge >= 0.3 is 6.09 Å². The van der Waals surface area contributed by atoms with Crippen LogP contribution in [0, 0.1) is 5.92 Å². The molecule has 2 heterocycles. The van der Waals surface area contributed by atoms with Crippen molar-refractivity contribution in [3.63, 3.8) is 0 Å². The van der Waals surface area contributed by atoms with E-state index in [2.05, 4.69) is 36.4 Å². The van der Waals surface area contributed by atoms with Gasteiger partial charge in [-0.3, -0.25) is 4.90 Å². The first kappa shape index (κ1) is 17.3.